The Morgan fingerprint density at radius 1 is 0.942 bits per heavy atom. The van der Waals surface area contributed by atoms with Gasteiger partial charge in [0.15, 0.2) is 5.82 Å². The Hall–Kier alpha value is -5.37. The number of ether oxygens (including phenoxy) is 2. The van der Waals surface area contributed by atoms with Gasteiger partial charge in [0, 0.05) is 60.3 Å². The molecule has 19 heteroatoms. The minimum Gasteiger partial charge on any atom is -0.391 e. The van der Waals surface area contributed by atoms with E-state index in [1.54, 1.807) is 27.6 Å². The van der Waals surface area contributed by atoms with Crippen molar-refractivity contribution in [3.8, 4) is 15.4 Å². The van der Waals surface area contributed by atoms with Crippen molar-refractivity contribution in [1.82, 2.24) is 40.2 Å². The molecule has 5 aromatic rings. The molecule has 0 radical (unpaired) electrons. The smallest absolute Gasteiger partial charge is 0.246 e. The Morgan fingerprint density at radius 3 is 2.33 bits per heavy atom. The summed E-state index contributed by atoms with van der Waals surface area (Å²) in [7, 11) is 0. The molecule has 8 rings (SSSR count). The van der Waals surface area contributed by atoms with Crippen molar-refractivity contribution in [2.75, 3.05) is 39.5 Å². The number of thiophene rings is 1. The van der Waals surface area contributed by atoms with E-state index >= 15 is 0 Å². The van der Waals surface area contributed by atoms with E-state index in [9.17, 15) is 24.3 Å². The van der Waals surface area contributed by atoms with Gasteiger partial charge < -0.3 is 35.0 Å². The van der Waals surface area contributed by atoms with Gasteiger partial charge in [0.05, 0.1) is 46.5 Å². The van der Waals surface area contributed by atoms with Crippen LogP contribution in [0.3, 0.4) is 0 Å². The average Bonchev–Trinajstić information content (AvgIpc) is 4.06. The first-order valence-electron chi connectivity index (χ1n) is 23.3. The van der Waals surface area contributed by atoms with Gasteiger partial charge in [-0.05, 0) is 75.3 Å². The number of rotatable bonds is 16. The third kappa shape index (κ3) is 11.0. The maximum atomic E-state index is 14.1. The molecule has 0 saturated carbocycles. The molecule has 69 heavy (non-hydrogen) atoms. The van der Waals surface area contributed by atoms with Crippen LogP contribution in [0.4, 0.5) is 0 Å². The fourth-order valence-electron chi connectivity index (χ4n) is 8.97. The highest BCUT2D eigenvalue weighted by Gasteiger charge is 2.45. The number of aryl methyl sites for hydroxylation is 3. The van der Waals surface area contributed by atoms with E-state index in [1.807, 2.05) is 100 Å². The summed E-state index contributed by atoms with van der Waals surface area (Å²) >= 11 is 9.49. The standard InChI is InChI=1S/C50H60ClN9O7S2/c1-27-30(4)69-49-42(27)43(33-14-16-35(51)17-15-33)54-38(46-57-56-31(5)60(46)49)21-41(63)58-23-37(24-58)67-19-9-18-66-25-40(62)55-45(50(6,7)8)48(65)59-22-36(61)20-39(59)47(64)53-28(2)32-10-12-34(13-11-32)44-29(3)52-26-68-44/h10-17,26,28,36-39,45,61H,9,18-25H2,1-8H3,(H,53,64)(H,55,62)/t28-,36+,38?,39-,45+/m0/s1. The number of nitrogens with one attached hydrogen (secondary N) is 2. The number of carbonyl (C=O) groups excluding carboxylic acids is 4. The Labute approximate surface area is 415 Å². The van der Waals surface area contributed by atoms with Gasteiger partial charge in [-0.15, -0.1) is 32.9 Å². The molecule has 366 valence electrons. The molecular formula is C50H60ClN9O7S2. The molecule has 3 aliphatic heterocycles. The summed E-state index contributed by atoms with van der Waals surface area (Å²) in [4.78, 5) is 69.7. The number of benzene rings is 2. The molecule has 3 aliphatic rings. The molecule has 6 heterocycles. The molecule has 0 spiro atoms. The Morgan fingerprint density at radius 2 is 1.65 bits per heavy atom. The molecule has 1 unspecified atom stereocenters. The van der Waals surface area contributed by atoms with Crippen molar-refractivity contribution in [2.45, 2.75) is 111 Å². The number of nitrogens with zero attached hydrogens (tertiary/aromatic N) is 7. The summed E-state index contributed by atoms with van der Waals surface area (Å²) in [5.74, 6) is -0.00121. The highest BCUT2D eigenvalue weighted by Crippen LogP contribution is 2.40. The van der Waals surface area contributed by atoms with Crippen LogP contribution in [0, 0.1) is 33.1 Å². The van der Waals surface area contributed by atoms with E-state index in [2.05, 4.69) is 39.7 Å². The molecular weight excluding hydrogens is 938 g/mol. The molecule has 3 aromatic heterocycles. The van der Waals surface area contributed by atoms with Crippen LogP contribution in [0.2, 0.25) is 5.02 Å². The summed E-state index contributed by atoms with van der Waals surface area (Å²) in [5, 5.41) is 27.1. The zero-order valence-electron chi connectivity index (χ0n) is 40.2. The number of aliphatic hydroxyl groups is 1. The number of aliphatic imine (C=N–C) groups is 1. The maximum absolute atomic E-state index is 14.1. The van der Waals surface area contributed by atoms with E-state index < -0.39 is 41.5 Å². The second kappa shape index (κ2) is 20.9. The summed E-state index contributed by atoms with van der Waals surface area (Å²) in [6, 6.07) is 12.7. The number of halogens is 1. The van der Waals surface area contributed by atoms with Crippen molar-refractivity contribution in [2.24, 2.45) is 10.4 Å². The number of thiazole rings is 1. The molecule has 2 saturated heterocycles. The Kier molecular flexibility index (Phi) is 15.2. The van der Waals surface area contributed by atoms with Gasteiger partial charge in [-0.3, -0.25) is 28.7 Å². The zero-order chi connectivity index (χ0) is 49.3. The Bertz CT molecular complexity index is 2720. The largest absolute Gasteiger partial charge is 0.391 e. The van der Waals surface area contributed by atoms with Crippen molar-refractivity contribution in [3.63, 3.8) is 0 Å². The Balaban J connectivity index is 0.782. The fourth-order valence-corrected chi connectivity index (χ4v) is 11.1. The average molecular weight is 999 g/mol. The molecule has 0 bridgehead atoms. The van der Waals surface area contributed by atoms with E-state index in [1.165, 1.54) is 9.78 Å². The highest BCUT2D eigenvalue weighted by molar-refractivity contribution is 7.15. The van der Waals surface area contributed by atoms with Gasteiger partial charge in [0.1, 0.15) is 35.6 Å². The highest BCUT2D eigenvalue weighted by atomic mass is 35.5. The van der Waals surface area contributed by atoms with Crippen molar-refractivity contribution in [3.05, 3.63) is 104 Å². The topological polar surface area (TPSA) is 193 Å². The SMILES string of the molecule is Cc1ncsc1-c1ccc([C@H](C)NC(=O)[C@@H]2C[C@@H](O)CN2C(=O)[C@@H](NC(=O)COCCCOC2CN(C(=O)CC3N=C(c4ccc(Cl)cc4)c4c(sc(C)c4C)-n4c(C)nnc43)C2)C(C)(C)C)cc1. The lowest BCUT2D eigenvalue weighted by atomic mass is 9.85. The normalized spacial score (nSPS) is 19.0. The van der Waals surface area contributed by atoms with Crippen LogP contribution in [0.1, 0.15) is 104 Å². The quantitative estimate of drug-likeness (QED) is 0.0905. The monoisotopic (exact) mass is 997 g/mol. The third-order valence-electron chi connectivity index (χ3n) is 13.0. The predicted octanol–water partition coefficient (Wildman–Crippen LogP) is 6.63. The van der Waals surface area contributed by atoms with Crippen molar-refractivity contribution < 1.29 is 33.8 Å². The lowest BCUT2D eigenvalue weighted by molar-refractivity contribution is -0.146. The van der Waals surface area contributed by atoms with E-state index in [0.29, 0.717) is 37.0 Å². The van der Waals surface area contributed by atoms with Crippen LogP contribution in [0.25, 0.3) is 15.4 Å². The fraction of sp³-hybridized carbons (Fsp3) is 0.480. The molecule has 2 fully saturated rings. The van der Waals surface area contributed by atoms with E-state index in [-0.39, 0.29) is 56.6 Å². The number of amides is 4. The van der Waals surface area contributed by atoms with Crippen molar-refractivity contribution in [1.29, 1.82) is 0 Å². The molecule has 0 aliphatic carbocycles. The van der Waals surface area contributed by atoms with Gasteiger partial charge in [0.2, 0.25) is 23.6 Å². The van der Waals surface area contributed by atoms with Gasteiger partial charge in [-0.25, -0.2) is 4.98 Å². The van der Waals surface area contributed by atoms with Gasteiger partial charge in [0.25, 0.3) is 0 Å². The number of fused-ring (bicyclic) bond motifs is 3. The molecule has 2 aromatic carbocycles. The third-order valence-corrected chi connectivity index (χ3v) is 15.4. The minimum absolute atomic E-state index is 0.0270. The maximum Gasteiger partial charge on any atom is 0.246 e. The first-order chi connectivity index (χ1) is 32.9. The predicted molar refractivity (Wildman–Crippen MR) is 266 cm³/mol. The zero-order valence-corrected chi connectivity index (χ0v) is 42.6. The summed E-state index contributed by atoms with van der Waals surface area (Å²) < 4.78 is 13.8. The second-order valence-electron chi connectivity index (χ2n) is 19.2. The summed E-state index contributed by atoms with van der Waals surface area (Å²) in [5.41, 5.74) is 7.83. The van der Waals surface area contributed by atoms with Crippen molar-refractivity contribution >= 4 is 63.6 Å². The van der Waals surface area contributed by atoms with E-state index in [4.69, 9.17) is 26.1 Å². The van der Waals surface area contributed by atoms with Gasteiger partial charge in [-0.2, -0.15) is 0 Å². The molecule has 4 amide bonds. The van der Waals surface area contributed by atoms with Crippen LogP contribution in [0.15, 0.2) is 59.0 Å². The van der Waals surface area contributed by atoms with Crippen LogP contribution in [-0.4, -0.2) is 128 Å². The summed E-state index contributed by atoms with van der Waals surface area (Å²) in [6.07, 6.45) is -0.307. The molecule has 5 atom stereocenters. The first kappa shape index (κ1) is 50.0. The van der Waals surface area contributed by atoms with Crippen LogP contribution in [0.5, 0.6) is 0 Å². The number of hydrogen-bond donors (Lipinski definition) is 3. The first-order valence-corrected chi connectivity index (χ1v) is 25.4. The lowest BCUT2D eigenvalue weighted by Gasteiger charge is -2.39. The van der Waals surface area contributed by atoms with Gasteiger partial charge >= 0.3 is 0 Å². The summed E-state index contributed by atoms with van der Waals surface area (Å²) in [6.45, 7) is 16.6. The van der Waals surface area contributed by atoms with Crippen LogP contribution < -0.4 is 10.6 Å². The number of carbonyl (C=O) groups is 4. The number of likely N-dealkylation sites (tertiary alicyclic amines) is 2. The van der Waals surface area contributed by atoms with Gasteiger partial charge in [-0.1, -0.05) is 68.8 Å². The number of β-amino-alcohol motifs (C(OH)–C–C–N with tert-alkyl or cyclic N) is 1. The minimum atomic E-state index is -0.980. The molecule has 16 nitrogen and oxygen atoms in total. The van der Waals surface area contributed by atoms with E-state index in [0.717, 1.165) is 54.9 Å². The number of hydrogen-bond acceptors (Lipinski definition) is 13. The van der Waals surface area contributed by atoms with Crippen LogP contribution >= 0.6 is 34.3 Å². The lowest BCUT2D eigenvalue weighted by Crippen LogP contribution is -2.58. The second-order valence-corrected chi connectivity index (χ2v) is 21.7. The number of aromatic nitrogens is 4. The van der Waals surface area contributed by atoms with Crippen LogP contribution in [-0.2, 0) is 28.7 Å². The number of aliphatic hydroxyl groups excluding tert-OH is 1. The molecule has 3 N–H and O–H groups in total.